The SMILES string of the molecule is O=C(Oc1ccc(OC[C@@H]2CCC2(F)F)cc1)C1CC1. The molecular formula is C15H16F2O3. The summed E-state index contributed by atoms with van der Waals surface area (Å²) in [6, 6.07) is 6.50. The molecule has 1 aromatic rings. The fourth-order valence-corrected chi connectivity index (χ4v) is 2.09. The van der Waals surface area contributed by atoms with Gasteiger partial charge in [0.15, 0.2) is 0 Å². The lowest BCUT2D eigenvalue weighted by Crippen LogP contribution is -2.42. The van der Waals surface area contributed by atoms with Gasteiger partial charge in [-0.2, -0.15) is 0 Å². The van der Waals surface area contributed by atoms with Crippen LogP contribution < -0.4 is 9.47 Å². The molecule has 3 rings (SSSR count). The van der Waals surface area contributed by atoms with Gasteiger partial charge in [-0.05, 0) is 43.5 Å². The predicted molar refractivity (Wildman–Crippen MR) is 68.0 cm³/mol. The minimum Gasteiger partial charge on any atom is -0.493 e. The summed E-state index contributed by atoms with van der Waals surface area (Å²) in [5, 5.41) is 0. The molecule has 0 N–H and O–H groups in total. The normalized spacial score (nSPS) is 23.8. The molecule has 0 radical (unpaired) electrons. The van der Waals surface area contributed by atoms with Crippen molar-refractivity contribution in [2.24, 2.45) is 11.8 Å². The van der Waals surface area contributed by atoms with Crippen LogP contribution in [0.1, 0.15) is 25.7 Å². The summed E-state index contributed by atoms with van der Waals surface area (Å²) in [6.45, 7) is 0.0220. The summed E-state index contributed by atoms with van der Waals surface area (Å²) in [5.74, 6) is -2.45. The molecule has 5 heteroatoms. The highest BCUT2D eigenvalue weighted by Crippen LogP contribution is 2.43. The molecule has 2 fully saturated rings. The molecule has 0 heterocycles. The van der Waals surface area contributed by atoms with Gasteiger partial charge in [0.25, 0.3) is 5.92 Å². The van der Waals surface area contributed by atoms with Crippen LogP contribution in [-0.2, 0) is 4.79 Å². The van der Waals surface area contributed by atoms with Crippen molar-refractivity contribution in [3.05, 3.63) is 24.3 Å². The first kappa shape index (κ1) is 13.3. The Morgan fingerprint density at radius 2 is 1.80 bits per heavy atom. The van der Waals surface area contributed by atoms with Crippen molar-refractivity contribution in [2.75, 3.05) is 6.61 Å². The van der Waals surface area contributed by atoms with Gasteiger partial charge in [0.05, 0.1) is 18.4 Å². The van der Waals surface area contributed by atoms with E-state index >= 15 is 0 Å². The summed E-state index contributed by atoms with van der Waals surface area (Å²) in [7, 11) is 0. The Morgan fingerprint density at radius 3 is 2.30 bits per heavy atom. The Labute approximate surface area is 115 Å². The van der Waals surface area contributed by atoms with Crippen LogP contribution in [0.2, 0.25) is 0 Å². The standard InChI is InChI=1S/C15H16F2O3/c16-15(17)8-7-11(15)9-19-12-3-5-13(6-4-12)20-14(18)10-1-2-10/h3-6,10-11H,1-2,7-9H2/t11-/m0/s1. The molecule has 0 aliphatic heterocycles. The minimum absolute atomic E-state index is 0.0220. The maximum Gasteiger partial charge on any atom is 0.314 e. The quantitative estimate of drug-likeness (QED) is 0.613. The van der Waals surface area contributed by atoms with Crippen molar-refractivity contribution < 1.29 is 23.0 Å². The van der Waals surface area contributed by atoms with Crippen molar-refractivity contribution in [2.45, 2.75) is 31.6 Å². The summed E-state index contributed by atoms with van der Waals surface area (Å²) >= 11 is 0. The van der Waals surface area contributed by atoms with Crippen LogP contribution in [0.4, 0.5) is 8.78 Å². The minimum atomic E-state index is -2.58. The third-order valence-corrected chi connectivity index (χ3v) is 3.83. The second-order valence-electron chi connectivity index (χ2n) is 5.47. The summed E-state index contributed by atoms with van der Waals surface area (Å²) in [4.78, 5) is 11.5. The second-order valence-corrected chi connectivity index (χ2v) is 5.47. The molecule has 3 nitrogen and oxygen atoms in total. The van der Waals surface area contributed by atoms with Gasteiger partial charge in [0.2, 0.25) is 0 Å². The molecule has 0 spiro atoms. The molecule has 0 saturated heterocycles. The Balaban J connectivity index is 1.49. The van der Waals surface area contributed by atoms with E-state index in [4.69, 9.17) is 9.47 Å². The van der Waals surface area contributed by atoms with Gasteiger partial charge in [0, 0.05) is 6.42 Å². The smallest absolute Gasteiger partial charge is 0.314 e. The van der Waals surface area contributed by atoms with Gasteiger partial charge in [0.1, 0.15) is 11.5 Å². The van der Waals surface area contributed by atoms with Crippen LogP contribution in [-0.4, -0.2) is 18.5 Å². The molecule has 2 aliphatic rings. The summed E-state index contributed by atoms with van der Waals surface area (Å²) < 4.78 is 36.6. The van der Waals surface area contributed by atoms with Crippen LogP contribution in [0.3, 0.4) is 0 Å². The number of esters is 1. The van der Waals surface area contributed by atoms with Gasteiger partial charge in [-0.1, -0.05) is 0 Å². The van der Waals surface area contributed by atoms with Crippen molar-refractivity contribution in [3.63, 3.8) is 0 Å². The number of alkyl halides is 2. The fourth-order valence-electron chi connectivity index (χ4n) is 2.09. The first-order valence-corrected chi connectivity index (χ1v) is 6.87. The number of hydrogen-bond donors (Lipinski definition) is 0. The Kier molecular flexibility index (Phi) is 3.36. The lowest BCUT2D eigenvalue weighted by Gasteiger charge is -2.35. The third-order valence-electron chi connectivity index (χ3n) is 3.83. The summed E-state index contributed by atoms with van der Waals surface area (Å²) in [5.41, 5.74) is 0. The highest BCUT2D eigenvalue weighted by Gasteiger charge is 2.48. The molecule has 0 unspecified atom stereocenters. The van der Waals surface area contributed by atoms with Crippen molar-refractivity contribution in [1.82, 2.24) is 0 Å². The molecule has 108 valence electrons. The van der Waals surface area contributed by atoms with Crippen LogP contribution in [0.25, 0.3) is 0 Å². The number of carbonyl (C=O) groups excluding carboxylic acids is 1. The zero-order valence-electron chi connectivity index (χ0n) is 11.0. The number of rotatable bonds is 5. The van der Waals surface area contributed by atoms with Crippen molar-refractivity contribution >= 4 is 5.97 Å². The maximum atomic E-state index is 13.1. The zero-order chi connectivity index (χ0) is 14.2. The first-order valence-electron chi connectivity index (χ1n) is 6.87. The van der Waals surface area contributed by atoms with Gasteiger partial charge in [-0.15, -0.1) is 0 Å². The third kappa shape index (κ3) is 2.92. The largest absolute Gasteiger partial charge is 0.493 e. The number of carbonyl (C=O) groups is 1. The Morgan fingerprint density at radius 1 is 1.15 bits per heavy atom. The van der Waals surface area contributed by atoms with E-state index in [2.05, 4.69) is 0 Å². The van der Waals surface area contributed by atoms with E-state index in [-0.39, 0.29) is 24.9 Å². The van der Waals surface area contributed by atoms with Crippen LogP contribution in [0, 0.1) is 11.8 Å². The van der Waals surface area contributed by atoms with Crippen LogP contribution >= 0.6 is 0 Å². The van der Waals surface area contributed by atoms with Crippen LogP contribution in [0.5, 0.6) is 11.5 Å². The lowest BCUT2D eigenvalue weighted by molar-refractivity contribution is -0.143. The highest BCUT2D eigenvalue weighted by atomic mass is 19.3. The second kappa shape index (κ2) is 5.04. The van der Waals surface area contributed by atoms with E-state index in [9.17, 15) is 13.6 Å². The molecule has 20 heavy (non-hydrogen) atoms. The number of ether oxygens (including phenoxy) is 2. The molecule has 2 aliphatic carbocycles. The van der Waals surface area contributed by atoms with E-state index < -0.39 is 11.8 Å². The predicted octanol–water partition coefficient (Wildman–Crippen LogP) is 3.43. The van der Waals surface area contributed by atoms with E-state index in [1.165, 1.54) is 0 Å². The van der Waals surface area contributed by atoms with Gasteiger partial charge >= 0.3 is 5.97 Å². The first-order chi connectivity index (χ1) is 9.54. The number of benzene rings is 1. The van der Waals surface area contributed by atoms with Gasteiger partial charge < -0.3 is 9.47 Å². The average molecular weight is 282 g/mol. The highest BCUT2D eigenvalue weighted by molar-refractivity contribution is 5.77. The molecule has 1 aromatic carbocycles. The van der Waals surface area contributed by atoms with Crippen LogP contribution in [0.15, 0.2) is 24.3 Å². The zero-order valence-corrected chi connectivity index (χ0v) is 11.0. The lowest BCUT2D eigenvalue weighted by atomic mass is 9.81. The van der Waals surface area contributed by atoms with Crippen molar-refractivity contribution in [3.8, 4) is 11.5 Å². The average Bonchev–Trinajstić information content (AvgIpc) is 3.24. The van der Waals surface area contributed by atoms with Gasteiger partial charge in [-0.3, -0.25) is 4.79 Å². The molecule has 1 atom stereocenters. The molecule has 0 aromatic heterocycles. The number of hydrogen-bond acceptors (Lipinski definition) is 3. The molecule has 0 bridgehead atoms. The monoisotopic (exact) mass is 282 g/mol. The topological polar surface area (TPSA) is 35.5 Å². The molecule has 2 saturated carbocycles. The van der Waals surface area contributed by atoms with E-state index in [1.807, 2.05) is 0 Å². The Bertz CT molecular complexity index is 494. The Hall–Kier alpha value is -1.65. The van der Waals surface area contributed by atoms with E-state index in [1.54, 1.807) is 24.3 Å². The number of halogens is 2. The molecule has 0 amide bonds. The fraction of sp³-hybridized carbons (Fsp3) is 0.533. The molecular weight excluding hydrogens is 266 g/mol. The summed E-state index contributed by atoms with van der Waals surface area (Å²) in [6.07, 6.45) is 2.26. The van der Waals surface area contributed by atoms with E-state index in [0.29, 0.717) is 17.9 Å². The van der Waals surface area contributed by atoms with E-state index in [0.717, 1.165) is 12.8 Å². The van der Waals surface area contributed by atoms with Crippen molar-refractivity contribution in [1.29, 1.82) is 0 Å². The van der Waals surface area contributed by atoms with Gasteiger partial charge in [-0.25, -0.2) is 8.78 Å². The maximum absolute atomic E-state index is 13.1.